The van der Waals surface area contributed by atoms with Gasteiger partial charge in [-0.05, 0) is 36.5 Å². The number of hydrogen-bond acceptors (Lipinski definition) is 3. The number of hydroxylamine groups is 1. The Kier molecular flexibility index (Phi) is 5.35. The van der Waals surface area contributed by atoms with Crippen molar-refractivity contribution in [1.82, 2.24) is 5.48 Å². The standard InChI is InChI=1S/C18H25NO3/c1-13(12-16(20)18(2)10-4-3-5-11-18)14-6-8-15(9-7-14)17(21)19-22/h6-9,13,22H,3-5,10-12H2,1-2H3,(H,19,21)/t13-/m0/s1. The lowest BCUT2D eigenvalue weighted by molar-refractivity contribution is -0.129. The van der Waals surface area contributed by atoms with Gasteiger partial charge in [-0.2, -0.15) is 0 Å². The lowest BCUT2D eigenvalue weighted by Gasteiger charge is -2.33. The van der Waals surface area contributed by atoms with Gasteiger partial charge in [-0.25, -0.2) is 5.48 Å². The molecule has 1 saturated carbocycles. The van der Waals surface area contributed by atoms with E-state index in [0.29, 0.717) is 17.8 Å². The van der Waals surface area contributed by atoms with Gasteiger partial charge in [-0.1, -0.05) is 45.2 Å². The SMILES string of the molecule is C[C@@H](CC(=O)C1(C)CCCCC1)c1ccc(C(=O)NO)cc1. The van der Waals surface area contributed by atoms with Gasteiger partial charge in [0, 0.05) is 17.4 Å². The molecule has 120 valence electrons. The Morgan fingerprint density at radius 1 is 1.18 bits per heavy atom. The van der Waals surface area contributed by atoms with Crippen LogP contribution in [-0.2, 0) is 4.79 Å². The van der Waals surface area contributed by atoms with Crippen molar-refractivity contribution in [3.63, 3.8) is 0 Å². The first-order chi connectivity index (χ1) is 10.5. The maximum Gasteiger partial charge on any atom is 0.274 e. The summed E-state index contributed by atoms with van der Waals surface area (Å²) in [5.74, 6) is -0.0284. The summed E-state index contributed by atoms with van der Waals surface area (Å²) in [6.45, 7) is 4.15. The van der Waals surface area contributed by atoms with Crippen LogP contribution in [0.2, 0.25) is 0 Å². The van der Waals surface area contributed by atoms with E-state index in [-0.39, 0.29) is 11.3 Å². The van der Waals surface area contributed by atoms with Crippen LogP contribution >= 0.6 is 0 Å². The van der Waals surface area contributed by atoms with Crippen LogP contribution in [0, 0.1) is 5.41 Å². The molecule has 1 aromatic carbocycles. The molecule has 0 aliphatic heterocycles. The summed E-state index contributed by atoms with van der Waals surface area (Å²) in [6, 6.07) is 7.05. The second-order valence-corrected chi connectivity index (χ2v) is 6.71. The summed E-state index contributed by atoms with van der Waals surface area (Å²) in [6.07, 6.45) is 6.11. The fourth-order valence-corrected chi connectivity index (χ4v) is 3.28. The van der Waals surface area contributed by atoms with E-state index in [1.807, 2.05) is 19.1 Å². The zero-order valence-corrected chi connectivity index (χ0v) is 13.4. The van der Waals surface area contributed by atoms with Gasteiger partial charge < -0.3 is 0 Å². The smallest absolute Gasteiger partial charge is 0.274 e. The minimum atomic E-state index is -0.523. The van der Waals surface area contributed by atoms with Crippen LogP contribution < -0.4 is 5.48 Å². The number of carbonyl (C=O) groups is 2. The number of benzene rings is 1. The van der Waals surface area contributed by atoms with E-state index in [1.165, 1.54) is 6.42 Å². The Balaban J connectivity index is 2.00. The van der Waals surface area contributed by atoms with Gasteiger partial charge in [0.1, 0.15) is 5.78 Å². The minimum absolute atomic E-state index is 0.137. The van der Waals surface area contributed by atoms with Gasteiger partial charge in [0.2, 0.25) is 0 Å². The molecular formula is C18H25NO3. The molecule has 0 heterocycles. The van der Waals surface area contributed by atoms with E-state index in [1.54, 1.807) is 17.6 Å². The van der Waals surface area contributed by atoms with Crippen LogP contribution in [0.4, 0.5) is 0 Å². The van der Waals surface area contributed by atoms with Crippen LogP contribution in [0.15, 0.2) is 24.3 Å². The zero-order chi connectivity index (χ0) is 16.2. The average Bonchev–Trinajstić information content (AvgIpc) is 2.54. The van der Waals surface area contributed by atoms with Gasteiger partial charge in [0.15, 0.2) is 0 Å². The van der Waals surface area contributed by atoms with Crippen LogP contribution in [-0.4, -0.2) is 16.9 Å². The van der Waals surface area contributed by atoms with Crippen molar-refractivity contribution < 1.29 is 14.8 Å². The molecule has 1 atom stereocenters. The maximum absolute atomic E-state index is 12.6. The molecule has 1 aliphatic rings. The number of nitrogens with one attached hydrogen (secondary N) is 1. The molecule has 0 bridgehead atoms. The molecule has 1 aromatic rings. The molecule has 4 heteroatoms. The van der Waals surface area contributed by atoms with Gasteiger partial charge in [0.05, 0.1) is 0 Å². The summed E-state index contributed by atoms with van der Waals surface area (Å²) in [7, 11) is 0. The molecule has 1 aliphatic carbocycles. The predicted molar refractivity (Wildman–Crippen MR) is 84.9 cm³/mol. The summed E-state index contributed by atoms with van der Waals surface area (Å²) in [5.41, 5.74) is 2.92. The summed E-state index contributed by atoms with van der Waals surface area (Å²) in [5, 5.41) is 8.61. The molecule has 0 saturated heterocycles. The quantitative estimate of drug-likeness (QED) is 0.641. The predicted octanol–water partition coefficient (Wildman–Crippen LogP) is 3.84. The van der Waals surface area contributed by atoms with Crippen LogP contribution in [0.1, 0.15) is 74.2 Å². The zero-order valence-electron chi connectivity index (χ0n) is 13.4. The highest BCUT2D eigenvalue weighted by Crippen LogP contribution is 2.39. The van der Waals surface area contributed by atoms with Gasteiger partial charge in [0.25, 0.3) is 5.91 Å². The van der Waals surface area contributed by atoms with Crippen LogP contribution in [0.25, 0.3) is 0 Å². The number of Topliss-reactive ketones (excluding diaryl/α,β-unsaturated/α-hetero) is 1. The van der Waals surface area contributed by atoms with E-state index in [2.05, 4.69) is 6.92 Å². The highest BCUT2D eigenvalue weighted by atomic mass is 16.5. The van der Waals surface area contributed by atoms with Crippen molar-refractivity contribution in [3.8, 4) is 0 Å². The second-order valence-electron chi connectivity index (χ2n) is 6.71. The Labute approximate surface area is 131 Å². The van der Waals surface area contributed by atoms with Crippen LogP contribution in [0.3, 0.4) is 0 Å². The molecule has 0 radical (unpaired) electrons. The van der Waals surface area contributed by atoms with Crippen molar-refractivity contribution in [2.75, 3.05) is 0 Å². The molecule has 4 nitrogen and oxygen atoms in total. The summed E-state index contributed by atoms with van der Waals surface area (Å²) >= 11 is 0. The summed E-state index contributed by atoms with van der Waals surface area (Å²) in [4.78, 5) is 23.9. The Hall–Kier alpha value is -1.68. The van der Waals surface area contributed by atoms with Gasteiger partial charge in [-0.3, -0.25) is 14.8 Å². The highest BCUT2D eigenvalue weighted by molar-refractivity contribution is 5.93. The van der Waals surface area contributed by atoms with E-state index in [0.717, 1.165) is 31.2 Å². The average molecular weight is 303 g/mol. The first-order valence-corrected chi connectivity index (χ1v) is 8.04. The second kappa shape index (κ2) is 7.05. The number of ketones is 1. The topological polar surface area (TPSA) is 66.4 Å². The minimum Gasteiger partial charge on any atom is -0.299 e. The van der Waals surface area contributed by atoms with Crippen LogP contribution in [0.5, 0.6) is 0 Å². The van der Waals surface area contributed by atoms with Crippen molar-refractivity contribution in [3.05, 3.63) is 35.4 Å². The van der Waals surface area contributed by atoms with Crippen molar-refractivity contribution in [2.24, 2.45) is 5.41 Å². The third-order valence-corrected chi connectivity index (χ3v) is 4.97. The molecule has 22 heavy (non-hydrogen) atoms. The van der Waals surface area contributed by atoms with Crippen molar-refractivity contribution >= 4 is 11.7 Å². The Bertz CT molecular complexity index is 530. The van der Waals surface area contributed by atoms with E-state index in [9.17, 15) is 9.59 Å². The van der Waals surface area contributed by atoms with E-state index < -0.39 is 5.91 Å². The number of hydrogen-bond donors (Lipinski definition) is 2. The maximum atomic E-state index is 12.6. The fraction of sp³-hybridized carbons (Fsp3) is 0.556. The van der Waals surface area contributed by atoms with Gasteiger partial charge >= 0.3 is 0 Å². The molecule has 2 N–H and O–H groups in total. The van der Waals surface area contributed by atoms with Crippen molar-refractivity contribution in [1.29, 1.82) is 0 Å². The third-order valence-electron chi connectivity index (χ3n) is 4.97. The molecule has 0 spiro atoms. The Morgan fingerprint density at radius 2 is 1.77 bits per heavy atom. The molecule has 2 rings (SSSR count). The number of rotatable bonds is 5. The fourth-order valence-electron chi connectivity index (χ4n) is 3.28. The number of carbonyl (C=O) groups excluding carboxylic acids is 2. The monoisotopic (exact) mass is 303 g/mol. The molecule has 0 unspecified atom stereocenters. The number of amides is 1. The summed E-state index contributed by atoms with van der Waals surface area (Å²) < 4.78 is 0. The third kappa shape index (κ3) is 3.74. The highest BCUT2D eigenvalue weighted by Gasteiger charge is 2.34. The van der Waals surface area contributed by atoms with E-state index >= 15 is 0 Å². The normalized spacial score (nSPS) is 18.5. The molecule has 0 aromatic heterocycles. The van der Waals surface area contributed by atoms with E-state index in [4.69, 9.17) is 5.21 Å². The molecule has 1 amide bonds. The Morgan fingerprint density at radius 3 is 2.32 bits per heavy atom. The largest absolute Gasteiger partial charge is 0.299 e. The van der Waals surface area contributed by atoms with Crippen molar-refractivity contribution in [2.45, 2.75) is 58.3 Å². The lowest BCUT2D eigenvalue weighted by Crippen LogP contribution is -2.31. The molecular weight excluding hydrogens is 278 g/mol. The van der Waals surface area contributed by atoms with Gasteiger partial charge in [-0.15, -0.1) is 0 Å². The lowest BCUT2D eigenvalue weighted by atomic mass is 9.70. The first kappa shape index (κ1) is 16.7. The molecule has 1 fully saturated rings. The first-order valence-electron chi connectivity index (χ1n) is 8.04.